The summed E-state index contributed by atoms with van der Waals surface area (Å²) in [5, 5.41) is 3.23. The zero-order chi connectivity index (χ0) is 15.5. The largest absolute Gasteiger partial charge is 0.463 e. The van der Waals surface area contributed by atoms with E-state index in [1.165, 1.54) is 0 Å². The Balaban J connectivity index is 1.37. The smallest absolute Gasteiger partial charge is 0.316 e. The third-order valence-electron chi connectivity index (χ3n) is 4.14. The first-order chi connectivity index (χ1) is 11.4. The Bertz CT molecular complexity index is 770. The van der Waals surface area contributed by atoms with Crippen molar-refractivity contribution in [1.82, 2.24) is 19.9 Å². The average Bonchev–Trinajstić information content (AvgIpc) is 3.10. The maximum atomic E-state index is 5.68. The monoisotopic (exact) mass is 327 g/mol. The first kappa shape index (κ1) is 14.3. The number of rotatable bonds is 4. The van der Waals surface area contributed by atoms with E-state index in [1.54, 1.807) is 36.1 Å². The highest BCUT2D eigenvalue weighted by Crippen LogP contribution is 2.29. The minimum atomic E-state index is 0.464. The molecule has 0 bridgehead atoms. The van der Waals surface area contributed by atoms with Crippen molar-refractivity contribution in [3.63, 3.8) is 0 Å². The molecule has 0 radical (unpaired) electrons. The molecule has 23 heavy (non-hydrogen) atoms. The summed E-state index contributed by atoms with van der Waals surface area (Å²) in [5.41, 5.74) is 0. The van der Waals surface area contributed by atoms with Gasteiger partial charge in [-0.3, -0.25) is 0 Å². The molecule has 0 aliphatic carbocycles. The van der Waals surface area contributed by atoms with Crippen molar-refractivity contribution in [3.05, 3.63) is 36.2 Å². The quantitative estimate of drug-likeness (QED) is 0.734. The summed E-state index contributed by atoms with van der Waals surface area (Å²) in [6.07, 6.45) is 7.24. The molecule has 0 atom stereocenters. The lowest BCUT2D eigenvalue weighted by molar-refractivity contribution is 0.208. The fraction of sp³-hybridized carbons (Fsp3) is 0.375. The van der Waals surface area contributed by atoms with Crippen LogP contribution in [0.25, 0.3) is 10.2 Å². The number of thiophene rings is 1. The maximum absolute atomic E-state index is 5.68. The Hall–Kier alpha value is -2.28. The number of ether oxygens (including phenoxy) is 1. The van der Waals surface area contributed by atoms with Crippen LogP contribution < -0.4 is 9.64 Å². The minimum absolute atomic E-state index is 0.464. The maximum Gasteiger partial charge on any atom is 0.316 e. The van der Waals surface area contributed by atoms with Gasteiger partial charge in [-0.25, -0.2) is 19.9 Å². The summed E-state index contributed by atoms with van der Waals surface area (Å²) >= 11 is 1.66. The van der Waals surface area contributed by atoms with Crippen LogP contribution in [0.4, 0.5) is 5.82 Å². The molecule has 1 saturated heterocycles. The summed E-state index contributed by atoms with van der Waals surface area (Å²) < 4.78 is 5.68. The van der Waals surface area contributed by atoms with E-state index in [0.717, 1.165) is 42.0 Å². The minimum Gasteiger partial charge on any atom is -0.463 e. The van der Waals surface area contributed by atoms with Gasteiger partial charge in [-0.15, -0.1) is 11.3 Å². The van der Waals surface area contributed by atoms with Gasteiger partial charge in [0.05, 0.1) is 12.0 Å². The molecule has 3 aromatic heterocycles. The fourth-order valence-electron chi connectivity index (χ4n) is 2.89. The molecule has 118 valence electrons. The molecular formula is C16H17N5OS. The van der Waals surface area contributed by atoms with Gasteiger partial charge in [0.15, 0.2) is 0 Å². The zero-order valence-electron chi connectivity index (χ0n) is 12.6. The van der Waals surface area contributed by atoms with E-state index in [9.17, 15) is 0 Å². The highest BCUT2D eigenvalue weighted by Gasteiger charge is 2.22. The molecular weight excluding hydrogens is 310 g/mol. The van der Waals surface area contributed by atoms with Gasteiger partial charge in [0.1, 0.15) is 17.0 Å². The normalized spacial score (nSPS) is 15.9. The molecule has 6 nitrogen and oxygen atoms in total. The standard InChI is InChI=1S/C16H17N5OS/c1-5-17-16(18-6-1)22-10-12-2-7-21(8-3-12)14-13-4-9-23-15(13)20-11-19-14/h1,4-6,9,11-12H,2-3,7-8,10H2. The second-order valence-electron chi connectivity index (χ2n) is 5.61. The molecule has 1 aliphatic heterocycles. The molecule has 3 aromatic rings. The number of hydrogen-bond donors (Lipinski definition) is 0. The zero-order valence-corrected chi connectivity index (χ0v) is 13.4. The lowest BCUT2D eigenvalue weighted by Gasteiger charge is -2.32. The SMILES string of the molecule is c1cnc(OCC2CCN(c3ncnc4sccc34)CC2)nc1. The van der Waals surface area contributed by atoms with E-state index in [4.69, 9.17) is 4.74 Å². The van der Waals surface area contributed by atoms with Gasteiger partial charge in [-0.05, 0) is 36.3 Å². The highest BCUT2D eigenvalue weighted by atomic mass is 32.1. The van der Waals surface area contributed by atoms with Gasteiger partial charge in [0, 0.05) is 25.5 Å². The highest BCUT2D eigenvalue weighted by molar-refractivity contribution is 7.16. The predicted molar refractivity (Wildman–Crippen MR) is 89.9 cm³/mol. The molecule has 1 fully saturated rings. The van der Waals surface area contributed by atoms with E-state index >= 15 is 0 Å². The van der Waals surface area contributed by atoms with Crippen molar-refractivity contribution in [3.8, 4) is 6.01 Å². The van der Waals surface area contributed by atoms with Crippen LogP contribution in [0, 0.1) is 5.92 Å². The Kier molecular flexibility index (Phi) is 4.02. The van der Waals surface area contributed by atoms with Gasteiger partial charge < -0.3 is 9.64 Å². The number of piperidine rings is 1. The number of fused-ring (bicyclic) bond motifs is 1. The number of nitrogens with zero attached hydrogens (tertiary/aromatic N) is 5. The fourth-order valence-corrected chi connectivity index (χ4v) is 3.62. The van der Waals surface area contributed by atoms with Gasteiger partial charge in [-0.1, -0.05) is 0 Å². The Morgan fingerprint density at radius 2 is 1.96 bits per heavy atom. The molecule has 0 N–H and O–H groups in total. The van der Waals surface area contributed by atoms with Crippen molar-refractivity contribution in [2.75, 3.05) is 24.6 Å². The van der Waals surface area contributed by atoms with Crippen LogP contribution in [0.2, 0.25) is 0 Å². The topological polar surface area (TPSA) is 64.0 Å². The van der Waals surface area contributed by atoms with Gasteiger partial charge in [0.2, 0.25) is 0 Å². The Labute approximate surface area is 138 Å². The van der Waals surface area contributed by atoms with Gasteiger partial charge in [-0.2, -0.15) is 0 Å². The molecule has 7 heteroatoms. The van der Waals surface area contributed by atoms with Crippen molar-refractivity contribution in [2.45, 2.75) is 12.8 Å². The first-order valence-corrected chi connectivity index (χ1v) is 8.61. The molecule has 4 rings (SSSR count). The van der Waals surface area contributed by atoms with Crippen LogP contribution in [-0.4, -0.2) is 39.6 Å². The van der Waals surface area contributed by atoms with Crippen LogP contribution in [0.3, 0.4) is 0 Å². The summed E-state index contributed by atoms with van der Waals surface area (Å²) in [7, 11) is 0. The van der Waals surface area contributed by atoms with E-state index in [-0.39, 0.29) is 0 Å². The summed E-state index contributed by atoms with van der Waals surface area (Å²) in [6.45, 7) is 2.66. The molecule has 0 spiro atoms. The van der Waals surface area contributed by atoms with E-state index in [0.29, 0.717) is 18.5 Å². The van der Waals surface area contributed by atoms with Crippen LogP contribution in [0.1, 0.15) is 12.8 Å². The number of aromatic nitrogens is 4. The van der Waals surface area contributed by atoms with Crippen molar-refractivity contribution >= 4 is 27.4 Å². The van der Waals surface area contributed by atoms with E-state index < -0.39 is 0 Å². The third-order valence-corrected chi connectivity index (χ3v) is 4.97. The molecule has 4 heterocycles. The number of hydrogen-bond acceptors (Lipinski definition) is 7. The predicted octanol–water partition coefficient (Wildman–Crippen LogP) is 2.78. The van der Waals surface area contributed by atoms with Crippen molar-refractivity contribution in [1.29, 1.82) is 0 Å². The Morgan fingerprint density at radius 3 is 2.78 bits per heavy atom. The van der Waals surface area contributed by atoms with E-state index in [1.807, 2.05) is 0 Å². The van der Waals surface area contributed by atoms with Gasteiger partial charge in [0.25, 0.3) is 0 Å². The van der Waals surface area contributed by atoms with Crippen LogP contribution in [0.5, 0.6) is 6.01 Å². The lowest BCUT2D eigenvalue weighted by atomic mass is 9.98. The molecule has 0 amide bonds. The second-order valence-corrected chi connectivity index (χ2v) is 6.50. The van der Waals surface area contributed by atoms with Crippen LogP contribution in [0.15, 0.2) is 36.2 Å². The van der Waals surface area contributed by atoms with Crippen LogP contribution >= 0.6 is 11.3 Å². The molecule has 0 aromatic carbocycles. The third kappa shape index (κ3) is 3.10. The molecule has 1 aliphatic rings. The second kappa shape index (κ2) is 6.45. The van der Waals surface area contributed by atoms with Crippen molar-refractivity contribution < 1.29 is 4.74 Å². The van der Waals surface area contributed by atoms with Gasteiger partial charge >= 0.3 is 6.01 Å². The van der Waals surface area contributed by atoms with E-state index in [2.05, 4.69) is 36.3 Å². The number of anilines is 1. The summed E-state index contributed by atoms with van der Waals surface area (Å²) in [4.78, 5) is 20.4. The first-order valence-electron chi connectivity index (χ1n) is 7.73. The van der Waals surface area contributed by atoms with Crippen molar-refractivity contribution in [2.24, 2.45) is 5.92 Å². The average molecular weight is 327 g/mol. The molecule has 0 saturated carbocycles. The van der Waals surface area contributed by atoms with Crippen LogP contribution in [-0.2, 0) is 0 Å². The summed E-state index contributed by atoms with van der Waals surface area (Å²) in [5.74, 6) is 1.59. The Morgan fingerprint density at radius 1 is 1.13 bits per heavy atom. The lowest BCUT2D eigenvalue weighted by Crippen LogP contribution is -2.36. The summed E-state index contributed by atoms with van der Waals surface area (Å²) in [6, 6.07) is 4.36. The molecule has 0 unspecified atom stereocenters.